The Morgan fingerprint density at radius 3 is 2.63 bits per heavy atom. The van der Waals surface area contributed by atoms with E-state index in [9.17, 15) is 9.18 Å². The Morgan fingerprint density at radius 1 is 1.26 bits per heavy atom. The second kappa shape index (κ2) is 6.37. The van der Waals surface area contributed by atoms with Crippen LogP contribution in [-0.4, -0.2) is 34.3 Å². The standard InChI is InChI=1S/C21H22FN3O2/c1-12-13(2)25-11-17(21(26)24(3)4)16-9-10-18(27-19(16)20(25)23-12)14-5-7-15(22)8-6-14/h5-8,11,18H,9-10H2,1-4H3/t18-/m0/s1. The predicted octanol–water partition coefficient (Wildman–Crippen LogP) is 3.86. The van der Waals surface area contributed by atoms with Crippen molar-refractivity contribution in [2.45, 2.75) is 32.8 Å². The SMILES string of the molecule is Cc1nc2c3c(c(C(=O)N(C)C)cn2c1C)CC[C@@H](c1ccc(F)cc1)O3. The summed E-state index contributed by atoms with van der Waals surface area (Å²) in [5, 5.41) is 0. The van der Waals surface area contributed by atoms with Gasteiger partial charge < -0.3 is 14.0 Å². The van der Waals surface area contributed by atoms with Gasteiger partial charge in [0.25, 0.3) is 5.91 Å². The molecule has 0 unspecified atom stereocenters. The number of carbonyl (C=O) groups is 1. The number of halogens is 1. The van der Waals surface area contributed by atoms with Crippen LogP contribution in [0.3, 0.4) is 0 Å². The van der Waals surface area contributed by atoms with E-state index in [2.05, 4.69) is 4.98 Å². The Kier molecular flexibility index (Phi) is 4.13. The molecule has 0 radical (unpaired) electrons. The zero-order valence-corrected chi connectivity index (χ0v) is 15.9. The van der Waals surface area contributed by atoms with Crippen LogP contribution < -0.4 is 4.74 Å². The van der Waals surface area contributed by atoms with Crippen LogP contribution in [0.15, 0.2) is 30.5 Å². The molecule has 6 heteroatoms. The third kappa shape index (κ3) is 2.85. The minimum Gasteiger partial charge on any atom is -0.481 e. The second-order valence-corrected chi connectivity index (χ2v) is 7.22. The van der Waals surface area contributed by atoms with E-state index in [0.717, 1.165) is 34.6 Å². The van der Waals surface area contributed by atoms with Gasteiger partial charge in [-0.2, -0.15) is 0 Å². The number of amides is 1. The van der Waals surface area contributed by atoms with Crippen LogP contribution in [0.1, 0.15) is 45.4 Å². The van der Waals surface area contributed by atoms with Crippen molar-refractivity contribution in [3.8, 4) is 5.75 Å². The highest BCUT2D eigenvalue weighted by atomic mass is 19.1. The highest BCUT2D eigenvalue weighted by Crippen LogP contribution is 2.40. The number of aromatic nitrogens is 2. The fraction of sp³-hybridized carbons (Fsp3) is 0.333. The van der Waals surface area contributed by atoms with Crippen LogP contribution in [0, 0.1) is 19.7 Å². The molecule has 27 heavy (non-hydrogen) atoms. The normalized spacial score (nSPS) is 16.1. The first kappa shape index (κ1) is 17.5. The van der Waals surface area contributed by atoms with Gasteiger partial charge in [-0.3, -0.25) is 4.79 Å². The molecule has 0 spiro atoms. The molecule has 3 heterocycles. The summed E-state index contributed by atoms with van der Waals surface area (Å²) in [4.78, 5) is 19.0. The molecule has 0 saturated carbocycles. The summed E-state index contributed by atoms with van der Waals surface area (Å²) < 4.78 is 21.5. The van der Waals surface area contributed by atoms with E-state index in [4.69, 9.17) is 4.74 Å². The Balaban J connectivity index is 1.87. The Labute approximate surface area is 157 Å². The number of nitrogens with zero attached hydrogens (tertiary/aromatic N) is 3. The first-order chi connectivity index (χ1) is 12.9. The number of ether oxygens (including phenoxy) is 1. The smallest absolute Gasteiger partial charge is 0.255 e. The second-order valence-electron chi connectivity index (χ2n) is 7.22. The van der Waals surface area contributed by atoms with Crippen LogP contribution in [-0.2, 0) is 6.42 Å². The number of hydrogen-bond donors (Lipinski definition) is 0. The number of fused-ring (bicyclic) bond motifs is 3. The molecular weight excluding hydrogens is 345 g/mol. The quantitative estimate of drug-likeness (QED) is 0.691. The zero-order valence-electron chi connectivity index (χ0n) is 15.9. The number of hydrogen-bond acceptors (Lipinski definition) is 3. The molecule has 0 fully saturated rings. The molecule has 1 amide bonds. The summed E-state index contributed by atoms with van der Waals surface area (Å²) >= 11 is 0. The van der Waals surface area contributed by atoms with E-state index in [1.54, 1.807) is 31.1 Å². The highest BCUT2D eigenvalue weighted by Gasteiger charge is 2.30. The first-order valence-corrected chi connectivity index (χ1v) is 9.01. The molecule has 1 aliphatic heterocycles. The fourth-order valence-electron chi connectivity index (χ4n) is 3.60. The Hall–Kier alpha value is -2.89. The summed E-state index contributed by atoms with van der Waals surface area (Å²) in [5.41, 5.74) is 5.06. The molecule has 0 N–H and O–H groups in total. The molecule has 3 aromatic rings. The zero-order chi connectivity index (χ0) is 19.3. The maximum atomic E-state index is 13.3. The van der Waals surface area contributed by atoms with Crippen LogP contribution in [0.2, 0.25) is 0 Å². The molecule has 4 rings (SSSR count). The van der Waals surface area contributed by atoms with Gasteiger partial charge in [0.15, 0.2) is 11.4 Å². The van der Waals surface area contributed by atoms with E-state index < -0.39 is 0 Å². The topological polar surface area (TPSA) is 46.8 Å². The van der Waals surface area contributed by atoms with Crippen molar-refractivity contribution in [2.24, 2.45) is 0 Å². The minimum absolute atomic E-state index is 0.0530. The first-order valence-electron chi connectivity index (χ1n) is 9.01. The van der Waals surface area contributed by atoms with Gasteiger partial charge in [-0.1, -0.05) is 12.1 Å². The lowest BCUT2D eigenvalue weighted by Gasteiger charge is -2.28. The highest BCUT2D eigenvalue weighted by molar-refractivity contribution is 5.96. The van der Waals surface area contributed by atoms with Crippen LogP contribution >= 0.6 is 0 Å². The summed E-state index contributed by atoms with van der Waals surface area (Å²) in [6.45, 7) is 3.92. The van der Waals surface area contributed by atoms with Gasteiger partial charge in [0.2, 0.25) is 0 Å². The fourth-order valence-corrected chi connectivity index (χ4v) is 3.60. The lowest BCUT2D eigenvalue weighted by molar-refractivity contribution is 0.0823. The lowest BCUT2D eigenvalue weighted by atomic mass is 9.94. The van der Waals surface area contributed by atoms with Gasteiger partial charge in [-0.15, -0.1) is 0 Å². The summed E-state index contributed by atoms with van der Waals surface area (Å²) in [6, 6.07) is 6.39. The molecule has 0 bridgehead atoms. The van der Waals surface area contributed by atoms with Crippen molar-refractivity contribution >= 4 is 11.6 Å². The number of aryl methyl sites for hydroxylation is 2. The number of imidazole rings is 1. The molecule has 1 aromatic carbocycles. The maximum absolute atomic E-state index is 13.3. The monoisotopic (exact) mass is 367 g/mol. The number of pyridine rings is 1. The third-order valence-electron chi connectivity index (χ3n) is 5.24. The van der Waals surface area contributed by atoms with Gasteiger partial charge in [-0.05, 0) is 44.4 Å². The van der Waals surface area contributed by atoms with E-state index in [1.807, 2.05) is 24.4 Å². The van der Waals surface area contributed by atoms with Crippen molar-refractivity contribution in [3.05, 3.63) is 64.4 Å². The van der Waals surface area contributed by atoms with Gasteiger partial charge in [0.1, 0.15) is 11.9 Å². The summed E-state index contributed by atoms with van der Waals surface area (Å²) in [5.74, 6) is 0.331. The van der Waals surface area contributed by atoms with E-state index in [1.165, 1.54) is 12.1 Å². The predicted molar refractivity (Wildman–Crippen MR) is 101 cm³/mol. The van der Waals surface area contributed by atoms with Crippen LogP contribution in [0.5, 0.6) is 5.75 Å². The average Bonchev–Trinajstić information content (AvgIpc) is 2.95. The molecule has 2 aromatic heterocycles. The van der Waals surface area contributed by atoms with Crippen molar-refractivity contribution in [1.29, 1.82) is 0 Å². The third-order valence-corrected chi connectivity index (χ3v) is 5.24. The van der Waals surface area contributed by atoms with E-state index in [0.29, 0.717) is 17.7 Å². The molecular formula is C21H22FN3O2. The van der Waals surface area contributed by atoms with Gasteiger partial charge in [-0.25, -0.2) is 9.37 Å². The van der Waals surface area contributed by atoms with Crippen molar-refractivity contribution in [1.82, 2.24) is 14.3 Å². The maximum Gasteiger partial charge on any atom is 0.255 e. The Morgan fingerprint density at radius 2 is 1.96 bits per heavy atom. The molecule has 0 aliphatic carbocycles. The molecule has 1 atom stereocenters. The summed E-state index contributed by atoms with van der Waals surface area (Å²) in [6.07, 6.45) is 3.10. The minimum atomic E-state index is -0.268. The molecule has 0 saturated heterocycles. The average molecular weight is 367 g/mol. The number of benzene rings is 1. The van der Waals surface area contributed by atoms with E-state index in [-0.39, 0.29) is 17.8 Å². The van der Waals surface area contributed by atoms with Crippen molar-refractivity contribution in [2.75, 3.05) is 14.1 Å². The van der Waals surface area contributed by atoms with Crippen LogP contribution in [0.4, 0.5) is 4.39 Å². The molecule has 5 nitrogen and oxygen atoms in total. The summed E-state index contributed by atoms with van der Waals surface area (Å²) in [7, 11) is 3.49. The number of carbonyl (C=O) groups excluding carboxylic acids is 1. The van der Waals surface area contributed by atoms with Crippen molar-refractivity contribution < 1.29 is 13.9 Å². The van der Waals surface area contributed by atoms with Gasteiger partial charge in [0, 0.05) is 31.5 Å². The van der Waals surface area contributed by atoms with E-state index >= 15 is 0 Å². The van der Waals surface area contributed by atoms with Gasteiger partial charge in [0.05, 0.1) is 11.3 Å². The largest absolute Gasteiger partial charge is 0.481 e. The lowest BCUT2D eigenvalue weighted by Crippen LogP contribution is -2.26. The van der Waals surface area contributed by atoms with Crippen molar-refractivity contribution in [3.63, 3.8) is 0 Å². The van der Waals surface area contributed by atoms with Crippen LogP contribution in [0.25, 0.3) is 5.65 Å². The Bertz CT molecular complexity index is 1040. The molecule has 140 valence electrons. The number of rotatable bonds is 2. The van der Waals surface area contributed by atoms with Gasteiger partial charge >= 0.3 is 0 Å². The molecule has 1 aliphatic rings.